The molecule has 0 bridgehead atoms. The number of fused-ring (bicyclic) bond motifs is 1. The summed E-state index contributed by atoms with van der Waals surface area (Å²) in [6.07, 6.45) is 5.88. The smallest absolute Gasteiger partial charge is 0.294 e. The molecule has 5 rings (SSSR count). The third-order valence-electron chi connectivity index (χ3n) is 6.17. The average Bonchev–Trinajstić information content (AvgIpc) is 3.33. The Hall–Kier alpha value is -4.72. The van der Waals surface area contributed by atoms with Gasteiger partial charge in [-0.05, 0) is 36.6 Å². The molecule has 3 heterocycles. The van der Waals surface area contributed by atoms with Crippen LogP contribution in [0, 0.1) is 6.92 Å². The Morgan fingerprint density at radius 3 is 2.70 bits per heavy atom. The molecule has 1 amide bonds. The van der Waals surface area contributed by atoms with E-state index in [0.29, 0.717) is 18.8 Å². The summed E-state index contributed by atoms with van der Waals surface area (Å²) in [6.45, 7) is 2.80. The molecular formula is C29H28N6O2. The summed E-state index contributed by atoms with van der Waals surface area (Å²) in [5.74, 6) is -0.0452. The van der Waals surface area contributed by atoms with Gasteiger partial charge in [-0.25, -0.2) is 4.98 Å². The lowest BCUT2D eigenvalue weighted by Gasteiger charge is -2.15. The number of carbonyl (C=O) groups is 1. The Kier molecular flexibility index (Phi) is 7.07. The van der Waals surface area contributed by atoms with E-state index in [1.54, 1.807) is 18.6 Å². The van der Waals surface area contributed by atoms with Crippen molar-refractivity contribution in [1.29, 1.82) is 0 Å². The van der Waals surface area contributed by atoms with E-state index in [9.17, 15) is 9.59 Å². The van der Waals surface area contributed by atoms with E-state index >= 15 is 0 Å². The summed E-state index contributed by atoms with van der Waals surface area (Å²) in [6, 6.07) is 21.6. The van der Waals surface area contributed by atoms with Crippen molar-refractivity contribution in [3.8, 4) is 11.3 Å². The number of pyridine rings is 1. The van der Waals surface area contributed by atoms with Gasteiger partial charge in [0, 0.05) is 35.5 Å². The van der Waals surface area contributed by atoms with E-state index in [1.165, 1.54) is 15.7 Å². The number of aromatic amines is 1. The van der Waals surface area contributed by atoms with Crippen molar-refractivity contribution in [2.24, 2.45) is 0 Å². The first-order valence-corrected chi connectivity index (χ1v) is 12.2. The predicted octanol–water partition coefficient (Wildman–Crippen LogP) is 4.07. The van der Waals surface area contributed by atoms with E-state index in [4.69, 9.17) is 0 Å². The van der Waals surface area contributed by atoms with Crippen molar-refractivity contribution in [3.05, 3.63) is 112 Å². The molecule has 8 nitrogen and oxygen atoms in total. The summed E-state index contributed by atoms with van der Waals surface area (Å²) in [5, 5.41) is 7.05. The SMILES string of the molecule is Cc1cccc(CCNc2ncc(-c3ccccc3)n(CC(=O)NCc3cc4cnccc4[nH]3)c2=O)c1. The van der Waals surface area contributed by atoms with Crippen molar-refractivity contribution >= 4 is 22.6 Å². The third kappa shape index (κ3) is 5.75. The highest BCUT2D eigenvalue weighted by atomic mass is 16.2. The van der Waals surface area contributed by atoms with Crippen molar-refractivity contribution in [3.63, 3.8) is 0 Å². The number of benzene rings is 2. The molecule has 5 aromatic rings. The molecule has 3 aromatic heterocycles. The van der Waals surface area contributed by atoms with Crippen molar-refractivity contribution < 1.29 is 4.79 Å². The van der Waals surface area contributed by atoms with Crippen molar-refractivity contribution in [2.75, 3.05) is 11.9 Å². The van der Waals surface area contributed by atoms with Crippen LogP contribution in [0.3, 0.4) is 0 Å². The molecule has 0 radical (unpaired) electrons. The molecular weight excluding hydrogens is 464 g/mol. The van der Waals surface area contributed by atoms with E-state index in [0.717, 1.165) is 28.6 Å². The van der Waals surface area contributed by atoms with Crippen LogP contribution in [0.2, 0.25) is 0 Å². The summed E-state index contributed by atoms with van der Waals surface area (Å²) >= 11 is 0. The van der Waals surface area contributed by atoms with Gasteiger partial charge < -0.3 is 15.6 Å². The highest BCUT2D eigenvalue weighted by Gasteiger charge is 2.15. The monoisotopic (exact) mass is 492 g/mol. The Labute approximate surface area is 214 Å². The number of amides is 1. The average molecular weight is 493 g/mol. The van der Waals surface area contributed by atoms with Gasteiger partial charge in [-0.3, -0.25) is 19.1 Å². The van der Waals surface area contributed by atoms with Gasteiger partial charge in [-0.1, -0.05) is 60.2 Å². The molecule has 0 atom stereocenters. The van der Waals surface area contributed by atoms with Crippen molar-refractivity contribution in [1.82, 2.24) is 24.8 Å². The van der Waals surface area contributed by atoms with E-state index in [2.05, 4.69) is 50.7 Å². The van der Waals surface area contributed by atoms with Gasteiger partial charge in [0.25, 0.3) is 5.56 Å². The number of carbonyl (C=O) groups excluding carboxylic acids is 1. The Bertz CT molecular complexity index is 1560. The first kappa shape index (κ1) is 24.0. The van der Waals surface area contributed by atoms with E-state index < -0.39 is 0 Å². The zero-order valence-electron chi connectivity index (χ0n) is 20.6. The first-order chi connectivity index (χ1) is 18.1. The minimum absolute atomic E-state index is 0.125. The molecule has 186 valence electrons. The van der Waals surface area contributed by atoms with Gasteiger partial charge in [-0.2, -0.15) is 0 Å². The number of aryl methyl sites for hydroxylation is 1. The molecule has 0 aliphatic heterocycles. The fourth-order valence-corrected chi connectivity index (χ4v) is 4.32. The second kappa shape index (κ2) is 10.9. The second-order valence-electron chi connectivity index (χ2n) is 8.95. The lowest BCUT2D eigenvalue weighted by molar-refractivity contribution is -0.121. The summed E-state index contributed by atoms with van der Waals surface area (Å²) in [4.78, 5) is 38.2. The maximum Gasteiger partial charge on any atom is 0.294 e. The lowest BCUT2D eigenvalue weighted by atomic mass is 10.1. The van der Waals surface area contributed by atoms with E-state index in [-0.39, 0.29) is 23.8 Å². The highest BCUT2D eigenvalue weighted by molar-refractivity contribution is 5.80. The third-order valence-corrected chi connectivity index (χ3v) is 6.17. The minimum atomic E-state index is -0.336. The number of nitrogens with zero attached hydrogens (tertiary/aromatic N) is 3. The van der Waals surface area contributed by atoms with Crippen LogP contribution in [0.25, 0.3) is 22.2 Å². The maximum atomic E-state index is 13.4. The number of nitrogens with one attached hydrogen (secondary N) is 3. The van der Waals surface area contributed by atoms with Crippen molar-refractivity contribution in [2.45, 2.75) is 26.4 Å². The zero-order valence-corrected chi connectivity index (χ0v) is 20.6. The number of rotatable bonds is 9. The predicted molar refractivity (Wildman–Crippen MR) is 145 cm³/mol. The molecule has 37 heavy (non-hydrogen) atoms. The Balaban J connectivity index is 1.33. The number of hydrogen-bond donors (Lipinski definition) is 3. The summed E-state index contributed by atoms with van der Waals surface area (Å²) in [7, 11) is 0. The number of aromatic nitrogens is 4. The molecule has 0 saturated heterocycles. The van der Waals surface area contributed by atoms with Crippen LogP contribution in [-0.4, -0.2) is 32.0 Å². The normalized spacial score (nSPS) is 10.9. The van der Waals surface area contributed by atoms with Crippen LogP contribution < -0.4 is 16.2 Å². The molecule has 0 saturated carbocycles. The zero-order chi connectivity index (χ0) is 25.6. The number of hydrogen-bond acceptors (Lipinski definition) is 5. The Morgan fingerprint density at radius 2 is 1.89 bits per heavy atom. The number of anilines is 1. The van der Waals surface area contributed by atoms with Gasteiger partial charge in [0.2, 0.25) is 5.91 Å². The quantitative estimate of drug-likeness (QED) is 0.288. The second-order valence-corrected chi connectivity index (χ2v) is 8.95. The van der Waals surface area contributed by atoms with Gasteiger partial charge >= 0.3 is 0 Å². The fraction of sp³-hybridized carbons (Fsp3) is 0.172. The van der Waals surface area contributed by atoms with Crippen LogP contribution in [0.5, 0.6) is 0 Å². The van der Waals surface area contributed by atoms with Gasteiger partial charge in [0.15, 0.2) is 5.82 Å². The molecule has 0 aliphatic rings. The maximum absolute atomic E-state index is 13.4. The van der Waals surface area contributed by atoms with Crippen LogP contribution in [0.4, 0.5) is 5.82 Å². The van der Waals surface area contributed by atoms with Gasteiger partial charge in [0.05, 0.1) is 18.4 Å². The first-order valence-electron chi connectivity index (χ1n) is 12.2. The molecule has 0 fully saturated rings. The van der Waals surface area contributed by atoms with Crippen LogP contribution >= 0.6 is 0 Å². The van der Waals surface area contributed by atoms with Crippen LogP contribution in [0.15, 0.2) is 90.1 Å². The molecule has 0 spiro atoms. The Morgan fingerprint density at radius 1 is 1.03 bits per heavy atom. The highest BCUT2D eigenvalue weighted by Crippen LogP contribution is 2.18. The van der Waals surface area contributed by atoms with Gasteiger partial charge in [0.1, 0.15) is 6.54 Å². The molecule has 8 heteroatoms. The summed E-state index contributed by atoms with van der Waals surface area (Å²) < 4.78 is 1.47. The fourth-order valence-electron chi connectivity index (χ4n) is 4.32. The lowest BCUT2D eigenvalue weighted by Crippen LogP contribution is -2.34. The molecule has 0 aliphatic carbocycles. The molecule has 2 aromatic carbocycles. The number of H-pyrrole nitrogens is 1. The van der Waals surface area contributed by atoms with Crippen LogP contribution in [0.1, 0.15) is 16.8 Å². The minimum Gasteiger partial charge on any atom is -0.365 e. The summed E-state index contributed by atoms with van der Waals surface area (Å²) in [5.41, 5.74) is 5.26. The van der Waals surface area contributed by atoms with E-state index in [1.807, 2.05) is 48.5 Å². The largest absolute Gasteiger partial charge is 0.365 e. The topological polar surface area (TPSA) is 105 Å². The molecule has 0 unspecified atom stereocenters. The van der Waals surface area contributed by atoms with Crippen LogP contribution in [-0.2, 0) is 24.3 Å². The molecule has 3 N–H and O–H groups in total. The van der Waals surface area contributed by atoms with Gasteiger partial charge in [-0.15, -0.1) is 0 Å². The standard InChI is InChI=1S/C29H28N6O2/c1-20-6-5-7-21(14-20)10-13-31-28-29(37)35(26(18-33-28)22-8-3-2-4-9-22)19-27(36)32-17-24-15-23-16-30-12-11-25(23)34-24/h2-9,11-12,14-16,18,34H,10,13,17,19H2,1H3,(H,31,33)(H,32,36).